The molecule has 0 spiro atoms. The summed E-state index contributed by atoms with van der Waals surface area (Å²) in [5.74, 6) is -0.318. The summed E-state index contributed by atoms with van der Waals surface area (Å²) in [6, 6.07) is 30.1. The van der Waals surface area contributed by atoms with Gasteiger partial charge >= 0.3 is 5.97 Å². The average molecular weight is 532 g/mol. The van der Waals surface area contributed by atoms with Crippen LogP contribution < -0.4 is 0 Å². The van der Waals surface area contributed by atoms with Crippen molar-refractivity contribution in [3.8, 4) is 0 Å². The van der Waals surface area contributed by atoms with Crippen molar-refractivity contribution < 1.29 is 28.6 Å². The first-order valence-corrected chi connectivity index (χ1v) is 13.6. The third-order valence-corrected chi connectivity index (χ3v) is 7.31. The number of benzene rings is 3. The lowest BCUT2D eigenvalue weighted by Crippen LogP contribution is -2.43. The zero-order valence-corrected chi connectivity index (χ0v) is 22.6. The fourth-order valence-corrected chi connectivity index (χ4v) is 5.41. The molecule has 206 valence electrons. The monoisotopic (exact) mass is 531 g/mol. The number of fused-ring (bicyclic) bond motifs is 1. The van der Waals surface area contributed by atoms with Gasteiger partial charge < -0.3 is 18.9 Å². The molecule has 6 atom stereocenters. The smallest absolute Gasteiger partial charge is 0.302 e. The Bertz CT molecular complexity index is 1160. The van der Waals surface area contributed by atoms with Gasteiger partial charge in [0.2, 0.25) is 0 Å². The maximum absolute atomic E-state index is 11.6. The normalized spacial score (nSPS) is 25.3. The van der Waals surface area contributed by atoms with Crippen LogP contribution in [0.25, 0.3) is 0 Å². The zero-order valence-electron chi connectivity index (χ0n) is 22.6. The molecule has 0 amide bonds. The molecule has 3 aromatic carbocycles. The molecule has 0 saturated carbocycles. The number of hydrogen-bond donors (Lipinski definition) is 0. The van der Waals surface area contributed by atoms with Crippen LogP contribution in [0, 0.1) is 0 Å². The molecule has 0 unspecified atom stereocenters. The van der Waals surface area contributed by atoms with Crippen LogP contribution in [0.4, 0.5) is 0 Å². The Hall–Kier alpha value is -3.07. The highest BCUT2D eigenvalue weighted by molar-refractivity contribution is 5.66. The van der Waals surface area contributed by atoms with E-state index in [9.17, 15) is 4.79 Å². The maximum atomic E-state index is 11.6. The summed E-state index contributed by atoms with van der Waals surface area (Å²) < 4.78 is 24.9. The molecule has 2 aliphatic rings. The van der Waals surface area contributed by atoms with Crippen LogP contribution in [0.5, 0.6) is 0 Å². The van der Waals surface area contributed by atoms with Gasteiger partial charge in [-0.1, -0.05) is 91.0 Å². The number of hydroxylamine groups is 2. The molecule has 2 aliphatic heterocycles. The van der Waals surface area contributed by atoms with E-state index in [2.05, 4.69) is 36.4 Å². The fraction of sp³-hybridized carbons (Fsp3) is 0.406. The Balaban J connectivity index is 1.36. The van der Waals surface area contributed by atoms with E-state index < -0.39 is 0 Å². The first-order chi connectivity index (χ1) is 19.1. The molecule has 2 heterocycles. The van der Waals surface area contributed by atoms with Gasteiger partial charge in [0.1, 0.15) is 24.4 Å². The van der Waals surface area contributed by atoms with E-state index in [4.69, 9.17) is 23.8 Å². The van der Waals surface area contributed by atoms with E-state index >= 15 is 0 Å². The number of carbonyl (C=O) groups excluding carboxylic acids is 1. The standard InChI is InChI=1S/C32H37NO6/c1-23(38-24(2)34)30-18-28-31(36-20-26-14-8-4-9-15-26)32(37-21-27-16-10-5-11-17-27)29(33(28)39-30)22-35-19-25-12-6-3-7-13-25/h3-17,23,28-32H,18-22H2,1-2H3/t23-,28-,29-,30-,31-,32-/m1/s1. The van der Waals surface area contributed by atoms with Crippen LogP contribution in [-0.2, 0) is 48.4 Å². The molecule has 2 fully saturated rings. The molecule has 0 N–H and O–H groups in total. The lowest BCUT2D eigenvalue weighted by Gasteiger charge is -2.29. The summed E-state index contributed by atoms with van der Waals surface area (Å²) in [6.45, 7) is 5.11. The Morgan fingerprint density at radius 2 is 1.33 bits per heavy atom. The highest BCUT2D eigenvalue weighted by Gasteiger charge is 2.57. The van der Waals surface area contributed by atoms with Crippen molar-refractivity contribution in [1.82, 2.24) is 5.06 Å². The summed E-state index contributed by atoms with van der Waals surface area (Å²) >= 11 is 0. The first kappa shape index (κ1) is 27.5. The molecule has 7 heteroatoms. The predicted molar refractivity (Wildman–Crippen MR) is 146 cm³/mol. The van der Waals surface area contributed by atoms with Crippen LogP contribution >= 0.6 is 0 Å². The molecule has 2 saturated heterocycles. The molecular formula is C32H37NO6. The van der Waals surface area contributed by atoms with Crippen LogP contribution in [0.3, 0.4) is 0 Å². The lowest BCUT2D eigenvalue weighted by atomic mass is 10.0. The lowest BCUT2D eigenvalue weighted by molar-refractivity contribution is -0.216. The van der Waals surface area contributed by atoms with Gasteiger partial charge in [0.05, 0.1) is 38.5 Å². The number of carbonyl (C=O) groups is 1. The number of ether oxygens (including phenoxy) is 4. The van der Waals surface area contributed by atoms with Crippen LogP contribution in [-0.4, -0.2) is 54.1 Å². The van der Waals surface area contributed by atoms with Gasteiger partial charge in [0, 0.05) is 6.92 Å². The fourth-order valence-electron chi connectivity index (χ4n) is 5.41. The second kappa shape index (κ2) is 13.3. The molecule has 39 heavy (non-hydrogen) atoms. The minimum absolute atomic E-state index is 0.0668. The molecule has 7 nitrogen and oxygen atoms in total. The van der Waals surface area contributed by atoms with Gasteiger partial charge in [-0.05, 0) is 30.0 Å². The van der Waals surface area contributed by atoms with Crippen LogP contribution in [0.2, 0.25) is 0 Å². The number of esters is 1. The van der Waals surface area contributed by atoms with Crippen molar-refractivity contribution >= 4 is 5.97 Å². The third kappa shape index (κ3) is 7.12. The summed E-state index contributed by atoms with van der Waals surface area (Å²) in [5.41, 5.74) is 3.30. The van der Waals surface area contributed by atoms with Gasteiger partial charge in [-0.25, -0.2) is 0 Å². The van der Waals surface area contributed by atoms with Crippen molar-refractivity contribution in [2.45, 2.75) is 76.6 Å². The van der Waals surface area contributed by atoms with Crippen molar-refractivity contribution in [2.24, 2.45) is 0 Å². The van der Waals surface area contributed by atoms with E-state index in [1.165, 1.54) is 6.92 Å². The van der Waals surface area contributed by atoms with Crippen molar-refractivity contribution in [2.75, 3.05) is 6.61 Å². The van der Waals surface area contributed by atoms with Crippen molar-refractivity contribution in [3.63, 3.8) is 0 Å². The Morgan fingerprint density at radius 1 is 0.821 bits per heavy atom. The molecular weight excluding hydrogens is 494 g/mol. The second-order valence-electron chi connectivity index (χ2n) is 10.2. The highest BCUT2D eigenvalue weighted by Crippen LogP contribution is 2.40. The molecule has 5 rings (SSSR count). The minimum Gasteiger partial charge on any atom is -0.460 e. The van der Waals surface area contributed by atoms with Gasteiger partial charge in [0.15, 0.2) is 0 Å². The quantitative estimate of drug-likeness (QED) is 0.302. The SMILES string of the molecule is CC(=O)O[C@H](C)[C@H]1C[C@@H]2[C@@H](OCc3ccccc3)[C@H](OCc3ccccc3)[C@@H](COCc3ccccc3)N2O1. The molecule has 0 radical (unpaired) electrons. The summed E-state index contributed by atoms with van der Waals surface area (Å²) in [4.78, 5) is 18.1. The molecule has 0 aromatic heterocycles. The zero-order chi connectivity index (χ0) is 27.0. The van der Waals surface area contributed by atoms with Gasteiger partial charge in [0.25, 0.3) is 0 Å². The topological polar surface area (TPSA) is 66.5 Å². The third-order valence-electron chi connectivity index (χ3n) is 7.31. The van der Waals surface area contributed by atoms with E-state index in [-0.39, 0.29) is 42.5 Å². The number of rotatable bonds is 12. The maximum Gasteiger partial charge on any atom is 0.302 e. The Kier molecular flexibility index (Phi) is 9.40. The van der Waals surface area contributed by atoms with Crippen LogP contribution in [0.15, 0.2) is 91.0 Å². The van der Waals surface area contributed by atoms with E-state index in [1.807, 2.05) is 66.6 Å². The summed E-state index contributed by atoms with van der Waals surface area (Å²) in [6.07, 6.45) is -0.520. The first-order valence-electron chi connectivity index (χ1n) is 13.6. The average Bonchev–Trinajstić information content (AvgIpc) is 3.50. The summed E-state index contributed by atoms with van der Waals surface area (Å²) in [7, 11) is 0. The van der Waals surface area contributed by atoms with Crippen molar-refractivity contribution in [1.29, 1.82) is 0 Å². The van der Waals surface area contributed by atoms with Crippen LogP contribution in [0.1, 0.15) is 37.0 Å². The number of hydrogen-bond acceptors (Lipinski definition) is 7. The van der Waals surface area contributed by atoms with E-state index in [1.54, 1.807) is 0 Å². The molecule has 0 aliphatic carbocycles. The predicted octanol–water partition coefficient (Wildman–Crippen LogP) is 5.08. The molecule has 0 bridgehead atoms. The largest absolute Gasteiger partial charge is 0.460 e. The highest BCUT2D eigenvalue weighted by atomic mass is 16.7. The minimum atomic E-state index is -0.377. The second-order valence-corrected chi connectivity index (χ2v) is 10.2. The van der Waals surface area contributed by atoms with Crippen molar-refractivity contribution in [3.05, 3.63) is 108 Å². The van der Waals surface area contributed by atoms with Gasteiger partial charge in [-0.3, -0.25) is 9.63 Å². The van der Waals surface area contributed by atoms with Gasteiger partial charge in [-0.2, -0.15) is 5.06 Å². The number of nitrogens with zero attached hydrogens (tertiary/aromatic N) is 1. The summed E-state index contributed by atoms with van der Waals surface area (Å²) in [5, 5.41) is 1.99. The molecule has 3 aromatic rings. The van der Waals surface area contributed by atoms with E-state index in [0.717, 1.165) is 16.7 Å². The van der Waals surface area contributed by atoms with E-state index in [0.29, 0.717) is 32.8 Å². The van der Waals surface area contributed by atoms with Gasteiger partial charge in [-0.15, -0.1) is 0 Å². The Labute approximate surface area is 230 Å². The Morgan fingerprint density at radius 3 is 1.87 bits per heavy atom.